The van der Waals surface area contributed by atoms with Gasteiger partial charge in [0.05, 0.1) is 24.5 Å². The van der Waals surface area contributed by atoms with Crippen LogP contribution in [0.15, 0.2) is 48.5 Å². The Labute approximate surface area is 163 Å². The van der Waals surface area contributed by atoms with Gasteiger partial charge in [0.25, 0.3) is 0 Å². The van der Waals surface area contributed by atoms with Gasteiger partial charge in [-0.1, -0.05) is 12.1 Å². The summed E-state index contributed by atoms with van der Waals surface area (Å²) in [5.74, 6) is -0.149. The predicted octanol–water partition coefficient (Wildman–Crippen LogP) is 4.12. The number of hydrogen-bond acceptors (Lipinski definition) is 4. The van der Waals surface area contributed by atoms with E-state index in [1.165, 1.54) is 19.2 Å². The standard InChI is InChI=1S/C21H23FN2O4/c1-27-20(25)18-4-2-3-5-19(18)24-21(26)23-15-8-12-17(13-9-15)28-16-10-6-14(22)7-11-16/h2-7,10-11,15,17H,8-9,12-13H2,1H3,(H2,23,24,26). The van der Waals surface area contributed by atoms with E-state index in [1.807, 2.05) is 0 Å². The second-order valence-electron chi connectivity index (χ2n) is 6.68. The Hall–Kier alpha value is -3.09. The van der Waals surface area contributed by atoms with Crippen molar-refractivity contribution < 1.29 is 23.5 Å². The molecule has 6 nitrogen and oxygen atoms in total. The fraction of sp³-hybridized carbons (Fsp3) is 0.333. The number of methoxy groups -OCH3 is 1. The van der Waals surface area contributed by atoms with Crippen LogP contribution in [0.3, 0.4) is 0 Å². The fourth-order valence-electron chi connectivity index (χ4n) is 3.25. The Morgan fingerprint density at radius 2 is 1.68 bits per heavy atom. The highest BCUT2D eigenvalue weighted by Gasteiger charge is 2.24. The van der Waals surface area contributed by atoms with Gasteiger partial charge in [0.2, 0.25) is 0 Å². The molecular formula is C21H23FN2O4. The highest BCUT2D eigenvalue weighted by atomic mass is 19.1. The Kier molecular flexibility index (Phi) is 6.47. The van der Waals surface area contributed by atoms with E-state index in [2.05, 4.69) is 10.6 Å². The van der Waals surface area contributed by atoms with Crippen LogP contribution in [0.1, 0.15) is 36.0 Å². The number of para-hydroxylation sites is 1. The minimum absolute atomic E-state index is 0.0263. The molecule has 0 bridgehead atoms. The number of urea groups is 1. The van der Waals surface area contributed by atoms with Gasteiger partial charge >= 0.3 is 12.0 Å². The minimum atomic E-state index is -0.505. The highest BCUT2D eigenvalue weighted by molar-refractivity contribution is 6.00. The molecule has 1 saturated carbocycles. The minimum Gasteiger partial charge on any atom is -0.490 e. The molecule has 7 heteroatoms. The van der Waals surface area contributed by atoms with Crippen LogP contribution >= 0.6 is 0 Å². The maximum absolute atomic E-state index is 13.0. The molecule has 1 aliphatic rings. The molecule has 2 aromatic carbocycles. The van der Waals surface area contributed by atoms with Crippen LogP contribution in [0.5, 0.6) is 5.75 Å². The SMILES string of the molecule is COC(=O)c1ccccc1NC(=O)NC1CCC(Oc2ccc(F)cc2)CC1. The van der Waals surface area contributed by atoms with E-state index in [4.69, 9.17) is 9.47 Å². The van der Waals surface area contributed by atoms with Crippen LogP contribution in [0.4, 0.5) is 14.9 Å². The van der Waals surface area contributed by atoms with Gasteiger partial charge in [0.15, 0.2) is 0 Å². The first-order chi connectivity index (χ1) is 13.5. The highest BCUT2D eigenvalue weighted by Crippen LogP contribution is 2.24. The Balaban J connectivity index is 1.48. The third kappa shape index (κ3) is 5.22. The normalized spacial score (nSPS) is 18.8. The molecule has 28 heavy (non-hydrogen) atoms. The number of esters is 1. The zero-order valence-electron chi connectivity index (χ0n) is 15.6. The van der Waals surface area contributed by atoms with E-state index in [9.17, 15) is 14.0 Å². The molecule has 2 aromatic rings. The third-order valence-corrected chi connectivity index (χ3v) is 4.71. The average molecular weight is 386 g/mol. The van der Waals surface area contributed by atoms with Crippen molar-refractivity contribution in [2.24, 2.45) is 0 Å². The first-order valence-electron chi connectivity index (χ1n) is 9.22. The Morgan fingerprint density at radius 1 is 1.00 bits per heavy atom. The predicted molar refractivity (Wildman–Crippen MR) is 103 cm³/mol. The number of ether oxygens (including phenoxy) is 2. The van der Waals surface area contributed by atoms with E-state index < -0.39 is 5.97 Å². The molecule has 0 unspecified atom stereocenters. The van der Waals surface area contributed by atoms with E-state index >= 15 is 0 Å². The van der Waals surface area contributed by atoms with Gasteiger partial charge in [-0.25, -0.2) is 14.0 Å². The number of hydrogen-bond donors (Lipinski definition) is 2. The molecule has 3 rings (SSSR count). The molecule has 0 spiro atoms. The van der Waals surface area contributed by atoms with Gasteiger partial charge < -0.3 is 20.1 Å². The first-order valence-corrected chi connectivity index (χ1v) is 9.22. The van der Waals surface area contributed by atoms with Gasteiger partial charge in [-0.05, 0) is 62.1 Å². The summed E-state index contributed by atoms with van der Waals surface area (Å²) in [6.45, 7) is 0. The number of anilines is 1. The van der Waals surface area contributed by atoms with Crippen molar-refractivity contribution in [3.63, 3.8) is 0 Å². The van der Waals surface area contributed by atoms with E-state index in [-0.39, 0.29) is 24.0 Å². The zero-order chi connectivity index (χ0) is 19.9. The molecule has 1 aliphatic carbocycles. The number of benzene rings is 2. The number of carbonyl (C=O) groups excluding carboxylic acids is 2. The number of amides is 2. The van der Waals surface area contributed by atoms with Crippen molar-refractivity contribution in [3.05, 3.63) is 59.9 Å². The summed E-state index contributed by atoms with van der Waals surface area (Å²) in [4.78, 5) is 24.1. The number of nitrogens with one attached hydrogen (secondary N) is 2. The second-order valence-corrected chi connectivity index (χ2v) is 6.68. The zero-order valence-corrected chi connectivity index (χ0v) is 15.6. The Morgan fingerprint density at radius 3 is 2.36 bits per heavy atom. The van der Waals surface area contributed by atoms with Gasteiger partial charge in [-0.15, -0.1) is 0 Å². The fourth-order valence-corrected chi connectivity index (χ4v) is 3.25. The van der Waals surface area contributed by atoms with Crippen molar-refractivity contribution in [2.75, 3.05) is 12.4 Å². The van der Waals surface area contributed by atoms with Crippen molar-refractivity contribution >= 4 is 17.7 Å². The van der Waals surface area contributed by atoms with Crippen LogP contribution in [0.25, 0.3) is 0 Å². The van der Waals surface area contributed by atoms with E-state index in [0.29, 0.717) is 17.0 Å². The van der Waals surface area contributed by atoms with Crippen LogP contribution in [-0.4, -0.2) is 31.3 Å². The lowest BCUT2D eigenvalue weighted by molar-refractivity contribution is 0.0602. The van der Waals surface area contributed by atoms with Crippen LogP contribution in [-0.2, 0) is 4.74 Å². The Bertz CT molecular complexity index is 817. The molecule has 0 aliphatic heterocycles. The average Bonchev–Trinajstić information content (AvgIpc) is 2.71. The van der Waals surface area contributed by atoms with Crippen molar-refractivity contribution in [1.29, 1.82) is 0 Å². The van der Waals surface area contributed by atoms with Crippen molar-refractivity contribution in [3.8, 4) is 5.75 Å². The van der Waals surface area contributed by atoms with Gasteiger partial charge in [-0.2, -0.15) is 0 Å². The molecule has 0 radical (unpaired) electrons. The summed E-state index contributed by atoms with van der Waals surface area (Å²) in [5.41, 5.74) is 0.705. The van der Waals surface area contributed by atoms with Crippen molar-refractivity contribution in [2.45, 2.75) is 37.8 Å². The summed E-state index contributed by atoms with van der Waals surface area (Å²) in [7, 11) is 1.30. The number of halogens is 1. The van der Waals surface area contributed by atoms with E-state index in [1.54, 1.807) is 36.4 Å². The molecule has 1 fully saturated rings. The largest absolute Gasteiger partial charge is 0.490 e. The molecule has 2 N–H and O–H groups in total. The monoisotopic (exact) mass is 386 g/mol. The summed E-state index contributed by atoms with van der Waals surface area (Å²) >= 11 is 0. The van der Waals surface area contributed by atoms with Gasteiger partial charge in [-0.3, -0.25) is 0 Å². The summed E-state index contributed by atoms with van der Waals surface area (Å²) in [6.07, 6.45) is 3.18. The second kappa shape index (κ2) is 9.21. The lowest BCUT2D eigenvalue weighted by atomic mass is 9.93. The van der Waals surface area contributed by atoms with Crippen molar-refractivity contribution in [1.82, 2.24) is 5.32 Å². The first kappa shape index (κ1) is 19.7. The third-order valence-electron chi connectivity index (χ3n) is 4.71. The molecule has 0 atom stereocenters. The smallest absolute Gasteiger partial charge is 0.339 e. The number of carbonyl (C=O) groups is 2. The maximum atomic E-state index is 13.0. The molecule has 0 saturated heterocycles. The van der Waals surface area contributed by atoms with Crippen LogP contribution in [0, 0.1) is 5.82 Å². The molecule has 0 heterocycles. The van der Waals surface area contributed by atoms with E-state index in [0.717, 1.165) is 25.7 Å². The quantitative estimate of drug-likeness (QED) is 0.758. The lowest BCUT2D eigenvalue weighted by Gasteiger charge is -2.29. The summed E-state index contributed by atoms with van der Waals surface area (Å²) in [5, 5.41) is 5.65. The molecule has 2 amide bonds. The summed E-state index contributed by atoms with van der Waals surface area (Å²) < 4.78 is 23.6. The molecule has 0 aromatic heterocycles. The van der Waals surface area contributed by atoms with Gasteiger partial charge in [0, 0.05) is 6.04 Å². The maximum Gasteiger partial charge on any atom is 0.339 e. The summed E-state index contributed by atoms with van der Waals surface area (Å²) in [6, 6.07) is 12.3. The van der Waals surface area contributed by atoms with Gasteiger partial charge in [0.1, 0.15) is 11.6 Å². The molecular weight excluding hydrogens is 363 g/mol. The van der Waals surface area contributed by atoms with Crippen LogP contribution < -0.4 is 15.4 Å². The topological polar surface area (TPSA) is 76.7 Å². The van der Waals surface area contributed by atoms with Crippen LogP contribution in [0.2, 0.25) is 0 Å². The number of rotatable bonds is 5. The molecule has 148 valence electrons. The lowest BCUT2D eigenvalue weighted by Crippen LogP contribution is -2.41.